The Morgan fingerprint density at radius 2 is 1.82 bits per heavy atom. The van der Waals surface area contributed by atoms with Crippen LogP contribution < -0.4 is 10.4 Å². The summed E-state index contributed by atoms with van der Waals surface area (Å²) in [7, 11) is 0. The van der Waals surface area contributed by atoms with Crippen molar-refractivity contribution in [2.24, 2.45) is 5.92 Å². The summed E-state index contributed by atoms with van der Waals surface area (Å²) >= 11 is 0. The van der Waals surface area contributed by atoms with E-state index in [1.165, 1.54) is 12.1 Å². The lowest BCUT2D eigenvalue weighted by Gasteiger charge is -2.12. The number of aliphatic hydroxyl groups excluding tert-OH is 1. The van der Waals surface area contributed by atoms with Gasteiger partial charge < -0.3 is 20.3 Å². The van der Waals surface area contributed by atoms with Crippen LogP contribution in [0, 0.1) is 17.2 Å². The molecule has 2 atom stereocenters. The highest BCUT2D eigenvalue weighted by Gasteiger charge is 2.13. The smallest absolute Gasteiger partial charge is 0.173 e. The number of carbonyl (C=O) groups excluding carboxylic acids is 1. The fourth-order valence-electron chi connectivity index (χ4n) is 1.92. The molecular formula is C17H26N2O3. The zero-order valence-corrected chi connectivity index (χ0v) is 13.7. The maximum absolute atomic E-state index is 10.1. The molecule has 22 heavy (non-hydrogen) atoms. The van der Waals surface area contributed by atoms with E-state index in [2.05, 4.69) is 39.1 Å². The number of nitrogens with zero attached hydrogens (tertiary/aromatic N) is 1. The van der Waals surface area contributed by atoms with E-state index in [-0.39, 0.29) is 6.04 Å². The van der Waals surface area contributed by atoms with Gasteiger partial charge >= 0.3 is 0 Å². The summed E-state index contributed by atoms with van der Waals surface area (Å²) in [5.41, 5.74) is 0.340. The maximum atomic E-state index is 10.1. The Morgan fingerprint density at radius 3 is 2.18 bits per heavy atom. The third-order valence-electron chi connectivity index (χ3n) is 2.85. The predicted molar refractivity (Wildman–Crippen MR) is 82.3 cm³/mol. The normalized spacial score (nSPS) is 13.0. The highest BCUT2D eigenvalue weighted by Crippen LogP contribution is 2.09. The van der Waals surface area contributed by atoms with Gasteiger partial charge in [0.05, 0.1) is 12.0 Å². The fourth-order valence-corrected chi connectivity index (χ4v) is 1.92. The van der Waals surface area contributed by atoms with Crippen LogP contribution >= 0.6 is 0 Å². The summed E-state index contributed by atoms with van der Waals surface area (Å²) < 4.78 is 0. The number of aliphatic carboxylic acids is 1. The quantitative estimate of drug-likeness (QED) is 0.792. The summed E-state index contributed by atoms with van der Waals surface area (Å²) in [6, 6.07) is 11.1. The van der Waals surface area contributed by atoms with Crippen molar-refractivity contribution in [2.75, 3.05) is 0 Å². The van der Waals surface area contributed by atoms with Crippen molar-refractivity contribution in [1.82, 2.24) is 0 Å². The number of hydrogen-bond donors (Lipinski definition) is 2. The molecule has 5 heteroatoms. The number of benzene rings is 1. The van der Waals surface area contributed by atoms with Crippen molar-refractivity contribution >= 4 is 5.97 Å². The Hall–Kier alpha value is -1.90. The second kappa shape index (κ2) is 10.8. The molecule has 122 valence electrons. The number of carboxylic acids is 1. The molecule has 3 N–H and O–H groups in total. The first-order valence-electron chi connectivity index (χ1n) is 7.46. The average molecular weight is 306 g/mol. The van der Waals surface area contributed by atoms with Crippen molar-refractivity contribution in [3.63, 3.8) is 0 Å². The first-order chi connectivity index (χ1) is 10.3. The van der Waals surface area contributed by atoms with Crippen LogP contribution in [0.5, 0.6) is 0 Å². The van der Waals surface area contributed by atoms with Gasteiger partial charge in [-0.05, 0) is 25.3 Å². The van der Waals surface area contributed by atoms with E-state index >= 15 is 0 Å². The number of carboxylic acid groups (broad SMARTS) is 1. The molecule has 0 bridgehead atoms. The van der Waals surface area contributed by atoms with E-state index in [9.17, 15) is 9.90 Å². The molecule has 0 aliphatic rings. The molecular weight excluding hydrogens is 280 g/mol. The summed E-state index contributed by atoms with van der Waals surface area (Å²) in [6.07, 6.45) is -0.523. The molecule has 0 unspecified atom stereocenters. The van der Waals surface area contributed by atoms with Crippen LogP contribution in [0.3, 0.4) is 0 Å². The minimum Gasteiger partial charge on any atom is -0.547 e. The Bertz CT molecular complexity index is 457. The summed E-state index contributed by atoms with van der Waals surface area (Å²) in [5, 5.41) is 29.9. The number of hydrogen-bond acceptors (Lipinski definition) is 4. The molecule has 0 saturated heterocycles. The first-order valence-corrected chi connectivity index (χ1v) is 7.46. The van der Waals surface area contributed by atoms with E-state index < -0.39 is 12.1 Å². The monoisotopic (exact) mass is 306 g/mol. The number of rotatable bonds is 6. The summed E-state index contributed by atoms with van der Waals surface area (Å²) in [5.74, 6) is -0.856. The van der Waals surface area contributed by atoms with Gasteiger partial charge in [-0.25, -0.2) is 0 Å². The molecule has 0 aromatic heterocycles. The van der Waals surface area contributed by atoms with E-state index in [4.69, 9.17) is 10.4 Å². The predicted octanol–water partition coefficient (Wildman–Crippen LogP) is 0.366. The van der Waals surface area contributed by atoms with E-state index in [1.807, 2.05) is 0 Å². The van der Waals surface area contributed by atoms with Gasteiger partial charge in [-0.2, -0.15) is 5.26 Å². The van der Waals surface area contributed by atoms with Crippen LogP contribution in [0.4, 0.5) is 0 Å². The van der Waals surface area contributed by atoms with Gasteiger partial charge in [0, 0.05) is 6.42 Å². The molecule has 1 aromatic rings. The van der Waals surface area contributed by atoms with Crippen molar-refractivity contribution < 1.29 is 20.3 Å². The van der Waals surface area contributed by atoms with E-state index in [0.717, 1.165) is 6.42 Å². The standard InChI is InChI=1S/C9H18N2.C8H8O3/c1-7(2)5-9(6-10)11-8(3)4;9-7(8(10)11)6-4-2-1-3-5-6/h7-9,11H,5H2,1-4H3;1-5,7,9H,(H,10,11)/t9-;7-/m11/s1. The molecule has 0 saturated carbocycles. The largest absolute Gasteiger partial charge is 0.547 e. The number of nitrogens with two attached hydrogens (primary N) is 1. The number of carbonyl (C=O) groups is 1. The van der Waals surface area contributed by atoms with E-state index in [1.54, 1.807) is 18.2 Å². The Morgan fingerprint density at radius 1 is 1.27 bits per heavy atom. The summed E-state index contributed by atoms with van der Waals surface area (Å²) in [6.45, 7) is 8.53. The van der Waals surface area contributed by atoms with Gasteiger partial charge in [-0.1, -0.05) is 44.2 Å². The number of nitriles is 1. The van der Waals surface area contributed by atoms with Gasteiger partial charge in [0.1, 0.15) is 12.2 Å². The molecule has 0 aliphatic carbocycles. The van der Waals surface area contributed by atoms with Crippen LogP contribution in [-0.4, -0.2) is 23.2 Å². The van der Waals surface area contributed by atoms with Crippen LogP contribution in [-0.2, 0) is 4.79 Å². The van der Waals surface area contributed by atoms with E-state index in [0.29, 0.717) is 17.5 Å². The maximum Gasteiger partial charge on any atom is 0.173 e. The topological polar surface area (TPSA) is 101 Å². The molecule has 1 aromatic carbocycles. The van der Waals surface area contributed by atoms with Gasteiger partial charge in [0.15, 0.2) is 6.04 Å². The molecule has 0 spiro atoms. The van der Waals surface area contributed by atoms with Crippen LogP contribution in [0.15, 0.2) is 30.3 Å². The third kappa shape index (κ3) is 9.11. The zero-order valence-electron chi connectivity index (χ0n) is 13.7. The molecule has 0 aliphatic heterocycles. The fraction of sp³-hybridized carbons (Fsp3) is 0.529. The highest BCUT2D eigenvalue weighted by atomic mass is 16.4. The lowest BCUT2D eigenvalue weighted by atomic mass is 10.0. The molecule has 5 nitrogen and oxygen atoms in total. The minimum absolute atomic E-state index is 0.148. The molecule has 0 amide bonds. The lowest BCUT2D eigenvalue weighted by Crippen LogP contribution is -2.93. The number of quaternary nitrogens is 1. The molecule has 0 heterocycles. The van der Waals surface area contributed by atoms with Crippen LogP contribution in [0.25, 0.3) is 0 Å². The van der Waals surface area contributed by atoms with Crippen LogP contribution in [0.2, 0.25) is 0 Å². The van der Waals surface area contributed by atoms with Crippen molar-refractivity contribution in [3.8, 4) is 6.07 Å². The second-order valence-electron chi connectivity index (χ2n) is 5.93. The summed E-state index contributed by atoms with van der Waals surface area (Å²) in [4.78, 5) is 10.1. The highest BCUT2D eigenvalue weighted by molar-refractivity contribution is 5.71. The number of aliphatic hydroxyl groups is 1. The van der Waals surface area contributed by atoms with Crippen molar-refractivity contribution in [2.45, 2.75) is 52.3 Å². The Labute approximate surface area is 132 Å². The average Bonchev–Trinajstić information content (AvgIpc) is 2.46. The lowest BCUT2D eigenvalue weighted by molar-refractivity contribution is -0.705. The van der Waals surface area contributed by atoms with Crippen molar-refractivity contribution in [3.05, 3.63) is 35.9 Å². The first kappa shape index (κ1) is 20.1. The third-order valence-corrected chi connectivity index (χ3v) is 2.85. The molecule has 0 radical (unpaired) electrons. The van der Waals surface area contributed by atoms with Crippen LogP contribution in [0.1, 0.15) is 45.8 Å². The molecule has 1 rings (SSSR count). The second-order valence-corrected chi connectivity index (χ2v) is 5.93. The van der Waals surface area contributed by atoms with Gasteiger partial charge in [0.2, 0.25) is 0 Å². The van der Waals surface area contributed by atoms with Gasteiger partial charge in [0.25, 0.3) is 0 Å². The Balaban J connectivity index is 0.000000401. The Kier molecular flexibility index (Phi) is 9.84. The minimum atomic E-state index is -1.52. The van der Waals surface area contributed by atoms with Crippen molar-refractivity contribution in [1.29, 1.82) is 5.26 Å². The van der Waals surface area contributed by atoms with Gasteiger partial charge in [-0.15, -0.1) is 0 Å². The zero-order chi connectivity index (χ0) is 17.1. The SMILES string of the molecule is CC(C)C[C@H](C#N)[NH2+]C(C)C.O=C([O-])[C@H](O)c1ccccc1. The van der Waals surface area contributed by atoms with Gasteiger partial charge in [-0.3, -0.25) is 0 Å². The molecule has 0 fully saturated rings.